The third-order valence-corrected chi connectivity index (χ3v) is 4.14. The van der Waals surface area contributed by atoms with Gasteiger partial charge in [-0.15, -0.1) is 0 Å². The molecule has 0 spiro atoms. The van der Waals surface area contributed by atoms with Gasteiger partial charge >= 0.3 is 0 Å². The number of carbonyl (C=O) groups is 2. The Hall–Kier alpha value is -1.06. The average molecular weight is 282 g/mol. The van der Waals surface area contributed by atoms with E-state index in [1.165, 1.54) is 0 Å². The molecule has 1 saturated heterocycles. The third kappa shape index (κ3) is 4.50. The lowest BCUT2D eigenvalue weighted by molar-refractivity contribution is -0.142. The fourth-order valence-electron chi connectivity index (χ4n) is 2.34. The topological polar surface area (TPSA) is 49.4 Å². The number of amides is 2. The number of rotatable bonds is 3. The van der Waals surface area contributed by atoms with E-state index in [2.05, 4.69) is 12.2 Å². The highest BCUT2D eigenvalue weighted by molar-refractivity contribution is 5.83. The van der Waals surface area contributed by atoms with Crippen molar-refractivity contribution < 1.29 is 9.59 Å². The molecule has 20 heavy (non-hydrogen) atoms. The van der Waals surface area contributed by atoms with Crippen molar-refractivity contribution in [1.82, 2.24) is 10.2 Å². The molecule has 0 bridgehead atoms. The van der Waals surface area contributed by atoms with Gasteiger partial charge in [0.25, 0.3) is 0 Å². The van der Waals surface area contributed by atoms with E-state index in [1.807, 2.05) is 39.5 Å². The van der Waals surface area contributed by atoms with Crippen molar-refractivity contribution in [1.29, 1.82) is 0 Å². The van der Waals surface area contributed by atoms with Crippen LogP contribution in [0, 0.1) is 11.3 Å². The SMILES string of the molecule is CCC(C)(C)NC(=O)C1CCN(C(=O)C(C)(C)C)CC1. The van der Waals surface area contributed by atoms with Crippen LogP contribution in [0.4, 0.5) is 0 Å². The first-order valence-corrected chi connectivity index (χ1v) is 7.68. The second-order valence-electron chi connectivity index (χ2n) is 7.54. The van der Waals surface area contributed by atoms with Crippen molar-refractivity contribution in [3.05, 3.63) is 0 Å². The van der Waals surface area contributed by atoms with Gasteiger partial charge in [-0.3, -0.25) is 9.59 Å². The molecule has 116 valence electrons. The van der Waals surface area contributed by atoms with Gasteiger partial charge in [0.1, 0.15) is 0 Å². The van der Waals surface area contributed by atoms with E-state index in [0.717, 1.165) is 19.3 Å². The number of hydrogen-bond donors (Lipinski definition) is 1. The van der Waals surface area contributed by atoms with Crippen molar-refractivity contribution in [3.8, 4) is 0 Å². The molecule has 4 heteroatoms. The maximum Gasteiger partial charge on any atom is 0.227 e. The van der Waals surface area contributed by atoms with Gasteiger partial charge in [0, 0.05) is 30.0 Å². The van der Waals surface area contributed by atoms with Gasteiger partial charge in [-0.2, -0.15) is 0 Å². The van der Waals surface area contributed by atoms with Crippen LogP contribution in [0.2, 0.25) is 0 Å². The highest BCUT2D eigenvalue weighted by Gasteiger charge is 2.33. The van der Waals surface area contributed by atoms with Crippen LogP contribution in [0.25, 0.3) is 0 Å². The molecule has 0 unspecified atom stereocenters. The summed E-state index contributed by atoms with van der Waals surface area (Å²) < 4.78 is 0. The van der Waals surface area contributed by atoms with Gasteiger partial charge in [0.2, 0.25) is 11.8 Å². The second-order valence-corrected chi connectivity index (χ2v) is 7.54. The molecule has 0 atom stereocenters. The fraction of sp³-hybridized carbons (Fsp3) is 0.875. The van der Waals surface area contributed by atoms with E-state index in [1.54, 1.807) is 0 Å². The maximum atomic E-state index is 12.2. The van der Waals surface area contributed by atoms with E-state index in [9.17, 15) is 9.59 Å². The van der Waals surface area contributed by atoms with E-state index in [-0.39, 0.29) is 28.7 Å². The van der Waals surface area contributed by atoms with E-state index in [4.69, 9.17) is 0 Å². The molecule has 1 N–H and O–H groups in total. The quantitative estimate of drug-likeness (QED) is 0.865. The predicted octanol–water partition coefficient (Wildman–Crippen LogP) is 2.58. The number of nitrogens with zero attached hydrogens (tertiary/aromatic N) is 1. The zero-order valence-electron chi connectivity index (χ0n) is 13.9. The molecule has 2 amide bonds. The molecule has 1 aliphatic heterocycles. The van der Waals surface area contributed by atoms with Gasteiger partial charge in [-0.25, -0.2) is 0 Å². The standard InChI is InChI=1S/C16H30N2O2/c1-7-16(5,6)17-13(19)12-8-10-18(11-9-12)14(20)15(2,3)4/h12H,7-11H2,1-6H3,(H,17,19). The van der Waals surface area contributed by atoms with Gasteiger partial charge < -0.3 is 10.2 Å². The molecule has 1 aliphatic rings. The lowest BCUT2D eigenvalue weighted by Crippen LogP contribution is -2.50. The number of likely N-dealkylation sites (tertiary alicyclic amines) is 1. The third-order valence-electron chi connectivity index (χ3n) is 4.14. The minimum Gasteiger partial charge on any atom is -0.351 e. The van der Waals surface area contributed by atoms with E-state index in [0.29, 0.717) is 13.1 Å². The van der Waals surface area contributed by atoms with Crippen LogP contribution in [0.1, 0.15) is 60.8 Å². The summed E-state index contributed by atoms with van der Waals surface area (Å²) in [5, 5.41) is 3.11. The highest BCUT2D eigenvalue weighted by Crippen LogP contribution is 2.24. The molecular formula is C16H30N2O2. The number of nitrogens with one attached hydrogen (secondary N) is 1. The molecule has 0 saturated carbocycles. The molecule has 1 fully saturated rings. The summed E-state index contributed by atoms with van der Waals surface area (Å²) in [4.78, 5) is 26.3. The molecule has 0 radical (unpaired) electrons. The van der Waals surface area contributed by atoms with Crippen molar-refractivity contribution >= 4 is 11.8 Å². The first-order valence-electron chi connectivity index (χ1n) is 7.68. The van der Waals surface area contributed by atoms with Crippen molar-refractivity contribution in [2.75, 3.05) is 13.1 Å². The van der Waals surface area contributed by atoms with Gasteiger partial charge in [-0.05, 0) is 33.1 Å². The van der Waals surface area contributed by atoms with E-state index >= 15 is 0 Å². The molecule has 1 heterocycles. The Morgan fingerprint density at radius 2 is 1.60 bits per heavy atom. The first kappa shape index (κ1) is 17.0. The minimum atomic E-state index is -0.334. The smallest absolute Gasteiger partial charge is 0.227 e. The Morgan fingerprint density at radius 1 is 1.10 bits per heavy atom. The monoisotopic (exact) mass is 282 g/mol. The normalized spacial score (nSPS) is 18.0. The number of hydrogen-bond acceptors (Lipinski definition) is 2. The lowest BCUT2D eigenvalue weighted by atomic mass is 9.90. The Bertz CT molecular complexity index is 361. The maximum absolute atomic E-state index is 12.2. The highest BCUT2D eigenvalue weighted by atomic mass is 16.2. The summed E-state index contributed by atoms with van der Waals surface area (Å²) in [6.07, 6.45) is 2.46. The van der Waals surface area contributed by atoms with Crippen LogP contribution in [0.5, 0.6) is 0 Å². The summed E-state index contributed by atoms with van der Waals surface area (Å²) in [5.41, 5.74) is -0.477. The van der Waals surface area contributed by atoms with Crippen molar-refractivity contribution in [2.24, 2.45) is 11.3 Å². The van der Waals surface area contributed by atoms with Gasteiger partial charge in [0.15, 0.2) is 0 Å². The molecule has 0 aromatic carbocycles. The fourth-order valence-corrected chi connectivity index (χ4v) is 2.34. The summed E-state index contributed by atoms with van der Waals surface area (Å²) >= 11 is 0. The Kier molecular flexibility index (Phi) is 5.22. The molecule has 0 aromatic heterocycles. The largest absolute Gasteiger partial charge is 0.351 e. The van der Waals surface area contributed by atoms with Gasteiger partial charge in [-0.1, -0.05) is 27.7 Å². The van der Waals surface area contributed by atoms with Crippen LogP contribution in [-0.2, 0) is 9.59 Å². The Morgan fingerprint density at radius 3 is 2.00 bits per heavy atom. The summed E-state index contributed by atoms with van der Waals surface area (Å²) in [5.74, 6) is 0.370. The molecule has 1 rings (SSSR count). The first-order chi connectivity index (χ1) is 9.07. The lowest BCUT2D eigenvalue weighted by Gasteiger charge is -2.36. The summed E-state index contributed by atoms with van der Waals surface area (Å²) in [7, 11) is 0. The molecule has 0 aromatic rings. The average Bonchev–Trinajstić information content (AvgIpc) is 2.36. The minimum absolute atomic E-state index is 0.0462. The van der Waals surface area contributed by atoms with Crippen LogP contribution < -0.4 is 5.32 Å². The Balaban J connectivity index is 2.51. The Labute approximate surface area is 123 Å². The summed E-state index contributed by atoms with van der Waals surface area (Å²) in [6.45, 7) is 13.4. The van der Waals surface area contributed by atoms with Crippen molar-refractivity contribution in [2.45, 2.75) is 66.3 Å². The summed E-state index contributed by atoms with van der Waals surface area (Å²) in [6, 6.07) is 0. The van der Waals surface area contributed by atoms with Crippen LogP contribution in [0.15, 0.2) is 0 Å². The zero-order valence-corrected chi connectivity index (χ0v) is 13.9. The number of piperidine rings is 1. The van der Waals surface area contributed by atoms with Crippen LogP contribution >= 0.6 is 0 Å². The predicted molar refractivity (Wildman–Crippen MR) is 81.3 cm³/mol. The van der Waals surface area contributed by atoms with Crippen molar-refractivity contribution in [3.63, 3.8) is 0 Å². The van der Waals surface area contributed by atoms with Crippen LogP contribution in [0.3, 0.4) is 0 Å². The van der Waals surface area contributed by atoms with E-state index < -0.39 is 0 Å². The molecular weight excluding hydrogens is 252 g/mol. The van der Waals surface area contributed by atoms with Crippen LogP contribution in [-0.4, -0.2) is 35.3 Å². The molecule has 0 aliphatic carbocycles. The zero-order chi connectivity index (χ0) is 15.6. The second kappa shape index (κ2) is 6.15. The number of carbonyl (C=O) groups excluding carboxylic acids is 2. The molecule has 4 nitrogen and oxygen atoms in total. The van der Waals surface area contributed by atoms with Gasteiger partial charge in [0.05, 0.1) is 0 Å².